The predicted molar refractivity (Wildman–Crippen MR) is 72.2 cm³/mol. The first-order valence-electron chi connectivity index (χ1n) is 5.77. The molecule has 0 fully saturated rings. The second kappa shape index (κ2) is 6.18. The molecule has 16 heavy (non-hydrogen) atoms. The van der Waals surface area contributed by atoms with E-state index in [9.17, 15) is 4.79 Å². The van der Waals surface area contributed by atoms with E-state index in [2.05, 4.69) is 33.0 Å². The van der Waals surface area contributed by atoms with E-state index >= 15 is 0 Å². The maximum absolute atomic E-state index is 11.7. The van der Waals surface area contributed by atoms with E-state index in [1.165, 1.54) is 0 Å². The summed E-state index contributed by atoms with van der Waals surface area (Å²) in [6.07, 6.45) is 1.26. The average molecular weight is 244 g/mol. The summed E-state index contributed by atoms with van der Waals surface area (Å²) in [5, 5.41) is 2.86. The van der Waals surface area contributed by atoms with Gasteiger partial charge in [0.05, 0.1) is 11.0 Å². The van der Waals surface area contributed by atoms with E-state index in [1.54, 1.807) is 0 Å². The number of carbonyl (C=O) groups is 1. The molecule has 0 radical (unpaired) electrons. The number of hydrogen-bond donors (Lipinski definition) is 2. The van der Waals surface area contributed by atoms with Gasteiger partial charge in [0.15, 0.2) is 0 Å². The molecule has 0 aromatic carbocycles. The van der Waals surface area contributed by atoms with Crippen molar-refractivity contribution in [1.82, 2.24) is 5.32 Å². The van der Waals surface area contributed by atoms with Crippen molar-refractivity contribution in [1.29, 1.82) is 0 Å². The van der Waals surface area contributed by atoms with Crippen molar-refractivity contribution in [3.63, 3.8) is 0 Å². The van der Waals surface area contributed by atoms with Gasteiger partial charge in [0.1, 0.15) is 0 Å². The van der Waals surface area contributed by atoms with Crippen LogP contribution in [0.1, 0.15) is 47.5 Å². The van der Waals surface area contributed by atoms with Crippen LogP contribution in [-0.2, 0) is 4.79 Å². The van der Waals surface area contributed by atoms with Gasteiger partial charge in [0, 0.05) is 6.42 Å². The fraction of sp³-hybridized carbons (Fsp3) is 0.833. The summed E-state index contributed by atoms with van der Waals surface area (Å²) in [6.45, 7) is 10.4. The van der Waals surface area contributed by atoms with Gasteiger partial charge in [-0.05, 0) is 17.8 Å². The van der Waals surface area contributed by atoms with Gasteiger partial charge in [0.2, 0.25) is 5.91 Å². The van der Waals surface area contributed by atoms with E-state index in [4.69, 9.17) is 18.0 Å². The molecule has 0 spiro atoms. The normalized spacial score (nSPS) is 15.3. The number of hydrogen-bond acceptors (Lipinski definition) is 2. The molecule has 2 atom stereocenters. The number of thiocarbonyl (C=S) groups is 1. The van der Waals surface area contributed by atoms with Gasteiger partial charge in [-0.1, -0.05) is 46.8 Å². The Hall–Kier alpha value is -0.640. The maximum Gasteiger partial charge on any atom is 0.220 e. The van der Waals surface area contributed by atoms with E-state index in [0.717, 1.165) is 6.42 Å². The first kappa shape index (κ1) is 15.4. The third-order valence-electron chi connectivity index (χ3n) is 3.06. The molecule has 2 unspecified atom stereocenters. The maximum atomic E-state index is 11.7. The average Bonchev–Trinajstić information content (AvgIpc) is 2.11. The van der Waals surface area contributed by atoms with Crippen LogP contribution in [0.15, 0.2) is 0 Å². The topological polar surface area (TPSA) is 55.1 Å². The van der Waals surface area contributed by atoms with Crippen molar-refractivity contribution in [2.45, 2.75) is 53.5 Å². The second-order valence-electron chi connectivity index (χ2n) is 5.40. The number of rotatable bonds is 5. The van der Waals surface area contributed by atoms with Crippen molar-refractivity contribution >= 4 is 23.1 Å². The lowest BCUT2D eigenvalue weighted by Gasteiger charge is -2.27. The lowest BCUT2D eigenvalue weighted by molar-refractivity contribution is -0.123. The van der Waals surface area contributed by atoms with Crippen LogP contribution in [0, 0.1) is 11.3 Å². The number of nitrogens with one attached hydrogen (secondary N) is 1. The van der Waals surface area contributed by atoms with Crippen molar-refractivity contribution < 1.29 is 4.79 Å². The van der Waals surface area contributed by atoms with Crippen molar-refractivity contribution in [3.8, 4) is 0 Å². The van der Waals surface area contributed by atoms with Crippen LogP contribution in [0.3, 0.4) is 0 Å². The zero-order valence-electron chi connectivity index (χ0n) is 11.0. The molecule has 3 N–H and O–H groups in total. The third kappa shape index (κ3) is 5.45. The minimum Gasteiger partial charge on any atom is -0.392 e. The Morgan fingerprint density at radius 3 is 2.25 bits per heavy atom. The molecule has 0 heterocycles. The molecule has 0 aliphatic carbocycles. The highest BCUT2D eigenvalue weighted by Crippen LogP contribution is 2.27. The van der Waals surface area contributed by atoms with Crippen molar-refractivity contribution in [3.05, 3.63) is 0 Å². The Labute approximate surface area is 104 Å². The minimum absolute atomic E-state index is 0.0297. The lowest BCUT2D eigenvalue weighted by atomic mass is 9.80. The first-order chi connectivity index (χ1) is 7.18. The van der Waals surface area contributed by atoms with Crippen LogP contribution in [0.5, 0.6) is 0 Å². The van der Waals surface area contributed by atoms with Crippen molar-refractivity contribution in [2.24, 2.45) is 17.1 Å². The summed E-state index contributed by atoms with van der Waals surface area (Å²) in [7, 11) is 0. The molecule has 0 aliphatic rings. The molecule has 4 heteroatoms. The van der Waals surface area contributed by atoms with E-state index < -0.39 is 0 Å². The van der Waals surface area contributed by atoms with Gasteiger partial charge in [-0.15, -0.1) is 0 Å². The molecule has 0 saturated heterocycles. The van der Waals surface area contributed by atoms with Gasteiger partial charge in [0.25, 0.3) is 0 Å². The lowest BCUT2D eigenvalue weighted by Crippen LogP contribution is -2.43. The number of nitrogens with two attached hydrogens (primary N) is 1. The van der Waals surface area contributed by atoms with Gasteiger partial charge in [-0.25, -0.2) is 0 Å². The van der Waals surface area contributed by atoms with E-state index in [0.29, 0.717) is 17.3 Å². The zero-order valence-corrected chi connectivity index (χ0v) is 11.8. The van der Waals surface area contributed by atoms with Crippen LogP contribution in [-0.4, -0.2) is 16.9 Å². The van der Waals surface area contributed by atoms with Crippen LogP contribution in [0.4, 0.5) is 0 Å². The molecule has 0 rings (SSSR count). The molecule has 94 valence electrons. The molecule has 0 aliphatic heterocycles. The van der Waals surface area contributed by atoms with Crippen LogP contribution >= 0.6 is 12.2 Å². The SMILES string of the molecule is CCC(NC(=O)CC(C)C(C)(C)C)C(N)=S. The summed E-state index contributed by atoms with van der Waals surface area (Å²) < 4.78 is 0. The highest BCUT2D eigenvalue weighted by Gasteiger charge is 2.23. The third-order valence-corrected chi connectivity index (χ3v) is 3.34. The largest absolute Gasteiger partial charge is 0.392 e. The Morgan fingerprint density at radius 2 is 1.94 bits per heavy atom. The van der Waals surface area contributed by atoms with Crippen LogP contribution < -0.4 is 11.1 Å². The van der Waals surface area contributed by atoms with Gasteiger partial charge >= 0.3 is 0 Å². The fourth-order valence-corrected chi connectivity index (χ4v) is 1.44. The Balaban J connectivity index is 4.23. The summed E-state index contributed by atoms with van der Waals surface area (Å²) in [5.74, 6) is 0.360. The highest BCUT2D eigenvalue weighted by atomic mass is 32.1. The molecular weight excluding hydrogens is 220 g/mol. The summed E-state index contributed by atoms with van der Waals surface area (Å²) in [6, 6.07) is -0.172. The standard InChI is InChI=1S/C12H24N2OS/c1-6-9(11(13)16)14-10(15)7-8(2)12(3,4)5/h8-9H,6-7H2,1-5H3,(H2,13,16)(H,14,15). The quantitative estimate of drug-likeness (QED) is 0.729. The smallest absolute Gasteiger partial charge is 0.220 e. The van der Waals surface area contributed by atoms with Gasteiger partial charge in [-0.3, -0.25) is 4.79 Å². The second-order valence-corrected chi connectivity index (χ2v) is 5.87. The highest BCUT2D eigenvalue weighted by molar-refractivity contribution is 7.80. The summed E-state index contributed by atoms with van der Waals surface area (Å²) >= 11 is 4.88. The van der Waals surface area contributed by atoms with Gasteiger partial charge in [-0.2, -0.15) is 0 Å². The molecule has 0 saturated carbocycles. The molecule has 0 bridgehead atoms. The molecule has 0 aromatic rings. The van der Waals surface area contributed by atoms with Crippen LogP contribution in [0.2, 0.25) is 0 Å². The van der Waals surface area contributed by atoms with Crippen molar-refractivity contribution in [2.75, 3.05) is 0 Å². The van der Waals surface area contributed by atoms with Gasteiger partial charge < -0.3 is 11.1 Å². The molecule has 0 aromatic heterocycles. The molecule has 3 nitrogen and oxygen atoms in total. The first-order valence-corrected chi connectivity index (χ1v) is 6.18. The molecule has 1 amide bonds. The fourth-order valence-electron chi connectivity index (χ4n) is 1.21. The summed E-state index contributed by atoms with van der Waals surface area (Å²) in [5.41, 5.74) is 5.67. The van der Waals surface area contributed by atoms with E-state index in [1.807, 2.05) is 6.92 Å². The Bertz CT molecular complexity index is 258. The monoisotopic (exact) mass is 244 g/mol. The number of amides is 1. The zero-order chi connectivity index (χ0) is 12.9. The Morgan fingerprint density at radius 1 is 1.44 bits per heavy atom. The van der Waals surface area contributed by atoms with Crippen LogP contribution in [0.25, 0.3) is 0 Å². The Kier molecular flexibility index (Phi) is 5.94. The van der Waals surface area contributed by atoms with E-state index in [-0.39, 0.29) is 17.4 Å². The molecular formula is C12H24N2OS. The predicted octanol–water partition coefficient (Wildman–Crippen LogP) is 2.24. The number of carbonyl (C=O) groups excluding carboxylic acids is 1. The minimum atomic E-state index is -0.172. The summed E-state index contributed by atoms with van der Waals surface area (Å²) in [4.78, 5) is 12.1.